The molecule has 2 atom stereocenters. The summed E-state index contributed by atoms with van der Waals surface area (Å²) in [4.78, 5) is 13.2. The Balaban J connectivity index is 2.25. The third-order valence-corrected chi connectivity index (χ3v) is 4.82. The highest BCUT2D eigenvalue weighted by Crippen LogP contribution is 2.32. The fourth-order valence-corrected chi connectivity index (χ4v) is 3.01. The van der Waals surface area contributed by atoms with Gasteiger partial charge in [0.2, 0.25) is 5.91 Å². The Hall–Kier alpha value is -2.13. The normalized spacial score (nSPS) is 14.8. The Morgan fingerprint density at radius 1 is 1.04 bits per heavy atom. The molecule has 0 aliphatic carbocycles. The van der Waals surface area contributed by atoms with Crippen molar-refractivity contribution in [3.63, 3.8) is 0 Å². The predicted octanol–water partition coefficient (Wildman–Crippen LogP) is 4.23. The quantitative estimate of drug-likeness (QED) is 0.756. The first-order chi connectivity index (χ1) is 12.0. The fraction of sp³-hybridized carbons (Fsp3) is 0.409. The Morgan fingerprint density at radius 2 is 1.60 bits per heavy atom. The number of carbonyl (C=O) groups is 1. The van der Waals surface area contributed by atoms with E-state index < -0.39 is 11.5 Å². The Morgan fingerprint density at radius 3 is 2.12 bits per heavy atom. The van der Waals surface area contributed by atoms with Crippen molar-refractivity contribution in [2.24, 2.45) is 5.92 Å². The average molecular weight is 339 g/mol. The van der Waals surface area contributed by atoms with Crippen LogP contribution in [0.1, 0.15) is 50.8 Å². The lowest BCUT2D eigenvalue weighted by atomic mass is 9.76. The molecule has 0 aromatic heterocycles. The third kappa shape index (κ3) is 4.93. The lowest BCUT2D eigenvalue weighted by Gasteiger charge is -2.32. The standard InChI is InChI=1S/C22H29NO2/c1-17(2)14-15-22(3,19-12-8-5-9-13-19)21(25)23-20(16-24)18-10-6-4-7-11-18/h4-13,17,20,24H,14-16H2,1-3H3,(H,23,25)/t20-,22+/m1/s1. The van der Waals surface area contributed by atoms with E-state index in [1.54, 1.807) is 0 Å². The number of amides is 1. The first kappa shape index (κ1) is 19.2. The van der Waals surface area contributed by atoms with Gasteiger partial charge in [0, 0.05) is 0 Å². The number of nitrogens with one attached hydrogen (secondary N) is 1. The molecule has 0 heterocycles. The van der Waals surface area contributed by atoms with E-state index in [2.05, 4.69) is 19.2 Å². The Bertz CT molecular complexity index is 654. The van der Waals surface area contributed by atoms with Crippen LogP contribution >= 0.6 is 0 Å². The van der Waals surface area contributed by atoms with E-state index >= 15 is 0 Å². The summed E-state index contributed by atoms with van der Waals surface area (Å²) in [5.41, 5.74) is 1.31. The predicted molar refractivity (Wildman–Crippen MR) is 102 cm³/mol. The van der Waals surface area contributed by atoms with Crippen molar-refractivity contribution in [1.29, 1.82) is 0 Å². The molecule has 0 saturated heterocycles. The molecule has 1 amide bonds. The number of carbonyl (C=O) groups excluding carboxylic acids is 1. The number of rotatable bonds is 8. The van der Waals surface area contributed by atoms with Crippen LogP contribution in [-0.4, -0.2) is 17.6 Å². The number of aliphatic hydroxyl groups is 1. The van der Waals surface area contributed by atoms with Crippen LogP contribution in [0.25, 0.3) is 0 Å². The topological polar surface area (TPSA) is 49.3 Å². The Kier molecular flexibility index (Phi) is 6.77. The zero-order chi connectivity index (χ0) is 18.3. The molecule has 0 fully saturated rings. The highest BCUT2D eigenvalue weighted by atomic mass is 16.3. The van der Waals surface area contributed by atoms with Crippen LogP contribution in [0.4, 0.5) is 0 Å². The molecule has 25 heavy (non-hydrogen) atoms. The molecule has 0 spiro atoms. The van der Waals surface area contributed by atoms with Gasteiger partial charge in [0.1, 0.15) is 0 Å². The smallest absolute Gasteiger partial charge is 0.230 e. The maximum absolute atomic E-state index is 13.2. The van der Waals surface area contributed by atoms with Crippen LogP contribution in [0.15, 0.2) is 60.7 Å². The van der Waals surface area contributed by atoms with E-state index in [0.29, 0.717) is 5.92 Å². The van der Waals surface area contributed by atoms with Crippen LogP contribution in [-0.2, 0) is 10.2 Å². The summed E-state index contributed by atoms with van der Waals surface area (Å²) in [6.45, 7) is 6.22. The molecule has 0 saturated carbocycles. The van der Waals surface area contributed by atoms with Crippen LogP contribution in [0.2, 0.25) is 0 Å². The van der Waals surface area contributed by atoms with E-state index in [1.807, 2.05) is 67.6 Å². The van der Waals surface area contributed by atoms with Crippen molar-refractivity contribution in [3.05, 3.63) is 71.8 Å². The van der Waals surface area contributed by atoms with Crippen molar-refractivity contribution in [1.82, 2.24) is 5.32 Å². The van der Waals surface area contributed by atoms with Crippen molar-refractivity contribution < 1.29 is 9.90 Å². The number of benzene rings is 2. The summed E-state index contributed by atoms with van der Waals surface area (Å²) in [6, 6.07) is 19.1. The van der Waals surface area contributed by atoms with Crippen molar-refractivity contribution in [2.45, 2.75) is 45.1 Å². The van der Waals surface area contributed by atoms with E-state index in [9.17, 15) is 9.90 Å². The van der Waals surface area contributed by atoms with Gasteiger partial charge in [-0.25, -0.2) is 0 Å². The second-order valence-electron chi connectivity index (χ2n) is 7.25. The van der Waals surface area contributed by atoms with Gasteiger partial charge in [-0.05, 0) is 36.8 Å². The van der Waals surface area contributed by atoms with Crippen LogP contribution in [0.3, 0.4) is 0 Å². The van der Waals surface area contributed by atoms with Gasteiger partial charge in [0.15, 0.2) is 0 Å². The monoisotopic (exact) mass is 339 g/mol. The molecule has 3 nitrogen and oxygen atoms in total. The van der Waals surface area contributed by atoms with Crippen LogP contribution in [0.5, 0.6) is 0 Å². The van der Waals surface area contributed by atoms with Gasteiger partial charge in [-0.1, -0.05) is 74.5 Å². The highest BCUT2D eigenvalue weighted by Gasteiger charge is 2.36. The molecule has 0 aliphatic rings. The maximum atomic E-state index is 13.2. The largest absolute Gasteiger partial charge is 0.394 e. The van der Waals surface area contributed by atoms with Crippen molar-refractivity contribution >= 4 is 5.91 Å². The zero-order valence-electron chi connectivity index (χ0n) is 15.4. The lowest BCUT2D eigenvalue weighted by Crippen LogP contribution is -2.44. The molecule has 2 N–H and O–H groups in total. The minimum atomic E-state index is -0.617. The van der Waals surface area contributed by atoms with Crippen LogP contribution < -0.4 is 5.32 Å². The summed E-state index contributed by atoms with van der Waals surface area (Å²) in [7, 11) is 0. The summed E-state index contributed by atoms with van der Waals surface area (Å²) in [5.74, 6) is 0.487. The van der Waals surface area contributed by atoms with Gasteiger partial charge in [0.25, 0.3) is 0 Å². The van der Waals surface area contributed by atoms with Gasteiger partial charge < -0.3 is 10.4 Å². The number of hydrogen-bond donors (Lipinski definition) is 2. The van der Waals surface area contributed by atoms with Crippen molar-refractivity contribution in [3.8, 4) is 0 Å². The van der Waals surface area contributed by atoms with Crippen molar-refractivity contribution in [2.75, 3.05) is 6.61 Å². The highest BCUT2D eigenvalue weighted by molar-refractivity contribution is 5.88. The van der Waals surface area contributed by atoms with Gasteiger partial charge in [-0.15, -0.1) is 0 Å². The summed E-state index contributed by atoms with van der Waals surface area (Å²) < 4.78 is 0. The second-order valence-corrected chi connectivity index (χ2v) is 7.25. The molecule has 134 valence electrons. The number of aliphatic hydroxyl groups excluding tert-OH is 1. The van der Waals surface area contributed by atoms with E-state index in [0.717, 1.165) is 24.0 Å². The molecule has 0 unspecified atom stereocenters. The van der Waals surface area contributed by atoms with Gasteiger partial charge in [-0.3, -0.25) is 4.79 Å². The van der Waals surface area contributed by atoms with Gasteiger partial charge in [-0.2, -0.15) is 0 Å². The van der Waals surface area contributed by atoms with Gasteiger partial charge in [0.05, 0.1) is 18.1 Å². The van der Waals surface area contributed by atoms with E-state index in [4.69, 9.17) is 0 Å². The zero-order valence-corrected chi connectivity index (χ0v) is 15.4. The first-order valence-electron chi connectivity index (χ1n) is 8.99. The summed E-state index contributed by atoms with van der Waals surface area (Å²) in [6.07, 6.45) is 1.74. The molecule has 0 radical (unpaired) electrons. The Labute approximate surface area is 151 Å². The van der Waals surface area contributed by atoms with Gasteiger partial charge >= 0.3 is 0 Å². The molecule has 2 aromatic carbocycles. The summed E-state index contributed by atoms with van der Waals surface area (Å²) >= 11 is 0. The third-order valence-electron chi connectivity index (χ3n) is 4.82. The molecule has 2 aromatic rings. The maximum Gasteiger partial charge on any atom is 0.230 e. The number of hydrogen-bond acceptors (Lipinski definition) is 2. The molecule has 0 aliphatic heterocycles. The second kappa shape index (κ2) is 8.82. The summed E-state index contributed by atoms with van der Waals surface area (Å²) in [5, 5.41) is 12.8. The van der Waals surface area contributed by atoms with E-state index in [1.165, 1.54) is 0 Å². The van der Waals surface area contributed by atoms with E-state index in [-0.39, 0.29) is 12.5 Å². The lowest BCUT2D eigenvalue weighted by molar-refractivity contribution is -0.127. The average Bonchev–Trinajstić information content (AvgIpc) is 2.65. The SMILES string of the molecule is CC(C)CC[C@](C)(C(=O)N[C@H](CO)c1ccccc1)c1ccccc1. The first-order valence-corrected chi connectivity index (χ1v) is 8.99. The molecular formula is C22H29NO2. The molecule has 3 heteroatoms. The molecular weight excluding hydrogens is 310 g/mol. The van der Waals surface area contributed by atoms with Crippen LogP contribution in [0, 0.1) is 5.92 Å². The molecule has 0 bridgehead atoms. The minimum absolute atomic E-state index is 0.0396. The fourth-order valence-electron chi connectivity index (χ4n) is 3.01. The molecule has 2 rings (SSSR count). The minimum Gasteiger partial charge on any atom is -0.394 e.